The van der Waals surface area contributed by atoms with Crippen molar-refractivity contribution in [3.63, 3.8) is 0 Å². The van der Waals surface area contributed by atoms with Crippen LogP contribution >= 0.6 is 0 Å². The number of rotatable bonds is 4. The van der Waals surface area contributed by atoms with Crippen LogP contribution in [0, 0.1) is 23.3 Å². The first-order valence-corrected chi connectivity index (χ1v) is 7.54. The number of sulfone groups is 1. The van der Waals surface area contributed by atoms with Gasteiger partial charge in [-0.05, 0) is 29.8 Å². The monoisotopic (exact) mass is 361 g/mol. The predicted molar refractivity (Wildman–Crippen MR) is 73.5 cm³/mol. The summed E-state index contributed by atoms with van der Waals surface area (Å²) in [5.41, 5.74) is 6.56. The second kappa shape index (κ2) is 6.38. The highest BCUT2D eigenvalue weighted by Crippen LogP contribution is 2.35. The zero-order valence-corrected chi connectivity index (χ0v) is 12.6. The Morgan fingerprint density at radius 3 is 1.92 bits per heavy atom. The number of nitrogens with zero attached hydrogens (tertiary/aromatic N) is 3. The van der Waals surface area contributed by atoms with Gasteiger partial charge in [0.1, 0.15) is 16.3 Å². The van der Waals surface area contributed by atoms with Crippen LogP contribution in [-0.4, -0.2) is 15.5 Å². The van der Waals surface area contributed by atoms with E-state index in [1.165, 1.54) is 19.2 Å². The molecule has 0 N–H and O–H groups in total. The Morgan fingerprint density at radius 1 is 1.00 bits per heavy atom. The van der Waals surface area contributed by atoms with Crippen LogP contribution in [0.2, 0.25) is 0 Å². The lowest BCUT2D eigenvalue weighted by Crippen LogP contribution is -2.11. The molecule has 2 rings (SSSR count). The Kier molecular flexibility index (Phi) is 4.67. The quantitative estimate of drug-likeness (QED) is 0.271. The van der Waals surface area contributed by atoms with Crippen LogP contribution in [0.4, 0.5) is 23.2 Å². The Hall–Kier alpha value is -2.78. The molecule has 0 radical (unpaired) electrons. The van der Waals surface area contributed by atoms with Crippen molar-refractivity contribution in [1.82, 2.24) is 0 Å². The van der Waals surface area contributed by atoms with E-state index in [4.69, 9.17) is 10.3 Å². The van der Waals surface area contributed by atoms with Gasteiger partial charge in [0.2, 0.25) is 9.84 Å². The molecule has 0 heterocycles. The standard InChI is InChI=1S/C13H7F4N3O3S/c1-23-6-2-4-7(5-3-6)24(21,22)13-10(16)8(14)12(19-20-18)9(15)11(13)17/h2-5H,1H3. The van der Waals surface area contributed by atoms with Crippen LogP contribution in [0.15, 0.2) is 39.2 Å². The van der Waals surface area contributed by atoms with E-state index in [2.05, 4.69) is 5.11 Å². The molecule has 0 saturated carbocycles. The summed E-state index contributed by atoms with van der Waals surface area (Å²) in [6.07, 6.45) is 0. The summed E-state index contributed by atoms with van der Waals surface area (Å²) >= 11 is 0. The van der Waals surface area contributed by atoms with Crippen LogP contribution < -0.4 is 4.74 Å². The Bertz CT molecular complexity index is 926. The maximum absolute atomic E-state index is 14.0. The van der Waals surface area contributed by atoms with Gasteiger partial charge in [-0.2, -0.15) is 0 Å². The minimum atomic E-state index is -4.92. The van der Waals surface area contributed by atoms with Crippen molar-refractivity contribution in [3.8, 4) is 5.75 Å². The van der Waals surface area contributed by atoms with Crippen molar-refractivity contribution in [3.05, 3.63) is 58.0 Å². The molecule has 0 aliphatic rings. The summed E-state index contributed by atoms with van der Waals surface area (Å²) in [5, 5.41) is 2.49. The van der Waals surface area contributed by atoms with E-state index in [9.17, 15) is 26.0 Å². The summed E-state index contributed by atoms with van der Waals surface area (Å²) in [6, 6.07) is 4.27. The molecule has 6 nitrogen and oxygen atoms in total. The van der Waals surface area contributed by atoms with Gasteiger partial charge < -0.3 is 4.74 Å². The van der Waals surface area contributed by atoms with Crippen molar-refractivity contribution < 1.29 is 30.7 Å². The highest BCUT2D eigenvalue weighted by atomic mass is 32.2. The second-order valence-corrected chi connectivity index (χ2v) is 6.19. The smallest absolute Gasteiger partial charge is 0.212 e. The van der Waals surface area contributed by atoms with E-state index in [-0.39, 0.29) is 5.75 Å². The van der Waals surface area contributed by atoms with Crippen LogP contribution in [0.25, 0.3) is 10.4 Å². The van der Waals surface area contributed by atoms with Crippen LogP contribution in [0.5, 0.6) is 5.75 Å². The van der Waals surface area contributed by atoms with Crippen LogP contribution in [0.3, 0.4) is 0 Å². The Morgan fingerprint density at radius 2 is 1.50 bits per heavy atom. The molecule has 0 aromatic heterocycles. The van der Waals surface area contributed by atoms with Gasteiger partial charge in [-0.25, -0.2) is 26.0 Å². The molecule has 0 aliphatic heterocycles. The molecule has 0 spiro atoms. The van der Waals surface area contributed by atoms with Gasteiger partial charge >= 0.3 is 0 Å². The normalized spacial score (nSPS) is 11.0. The Labute approximate surface area is 132 Å². The highest BCUT2D eigenvalue weighted by Gasteiger charge is 2.33. The lowest BCUT2D eigenvalue weighted by atomic mass is 10.2. The molecular formula is C13H7F4N3O3S. The number of hydrogen-bond donors (Lipinski definition) is 0. The van der Waals surface area contributed by atoms with Crippen LogP contribution in [-0.2, 0) is 9.84 Å². The van der Waals surface area contributed by atoms with Crippen molar-refractivity contribution in [2.75, 3.05) is 7.11 Å². The minimum Gasteiger partial charge on any atom is -0.497 e. The first-order chi connectivity index (χ1) is 11.3. The van der Waals surface area contributed by atoms with Crippen molar-refractivity contribution in [2.24, 2.45) is 5.11 Å². The third-order valence-corrected chi connectivity index (χ3v) is 4.77. The van der Waals surface area contributed by atoms with E-state index in [0.717, 1.165) is 12.1 Å². The fourth-order valence-corrected chi connectivity index (χ4v) is 3.22. The van der Waals surface area contributed by atoms with Gasteiger partial charge in [0, 0.05) is 4.91 Å². The fourth-order valence-electron chi connectivity index (χ4n) is 1.84. The number of methoxy groups -OCH3 is 1. The molecule has 2 aromatic carbocycles. The van der Waals surface area contributed by atoms with Gasteiger partial charge in [-0.3, -0.25) is 0 Å². The number of halogens is 4. The van der Waals surface area contributed by atoms with Crippen molar-refractivity contribution in [2.45, 2.75) is 9.79 Å². The van der Waals surface area contributed by atoms with Crippen molar-refractivity contribution >= 4 is 15.5 Å². The molecule has 0 aliphatic carbocycles. The average Bonchev–Trinajstić information content (AvgIpc) is 2.57. The summed E-state index contributed by atoms with van der Waals surface area (Å²) in [7, 11) is -3.61. The third-order valence-electron chi connectivity index (χ3n) is 2.98. The molecule has 2 aromatic rings. The topological polar surface area (TPSA) is 92.1 Å². The maximum atomic E-state index is 14.0. The van der Waals surface area contributed by atoms with Gasteiger partial charge in [-0.1, -0.05) is 5.11 Å². The SMILES string of the molecule is COc1ccc(S(=O)(=O)c2c(F)c(F)c(N=[N+]=[N-])c(F)c2F)cc1. The lowest BCUT2D eigenvalue weighted by Gasteiger charge is -2.10. The second-order valence-electron chi connectivity index (χ2n) is 4.30. The first kappa shape index (κ1) is 17.6. The molecule has 11 heteroatoms. The zero-order chi connectivity index (χ0) is 18.1. The summed E-state index contributed by atoms with van der Waals surface area (Å²) in [6.45, 7) is 0. The number of hydrogen-bond acceptors (Lipinski definition) is 4. The van der Waals surface area contributed by atoms with E-state index >= 15 is 0 Å². The number of benzene rings is 2. The van der Waals surface area contributed by atoms with E-state index in [1.807, 2.05) is 4.91 Å². The van der Waals surface area contributed by atoms with Gasteiger partial charge in [0.05, 0.1) is 12.0 Å². The average molecular weight is 361 g/mol. The first-order valence-electron chi connectivity index (χ1n) is 6.05. The van der Waals surface area contributed by atoms with E-state index in [0.29, 0.717) is 0 Å². The molecule has 0 saturated heterocycles. The van der Waals surface area contributed by atoms with Crippen molar-refractivity contribution in [1.29, 1.82) is 0 Å². The van der Waals surface area contributed by atoms with Crippen LogP contribution in [0.1, 0.15) is 0 Å². The van der Waals surface area contributed by atoms with Gasteiger partial charge in [-0.15, -0.1) is 0 Å². The third kappa shape index (κ3) is 2.74. The largest absolute Gasteiger partial charge is 0.497 e. The van der Waals surface area contributed by atoms with Gasteiger partial charge in [0.15, 0.2) is 23.3 Å². The summed E-state index contributed by atoms with van der Waals surface area (Å²) < 4.78 is 84.8. The van der Waals surface area contributed by atoms with E-state index in [1.54, 1.807) is 0 Å². The number of ether oxygens (including phenoxy) is 1. The summed E-state index contributed by atoms with van der Waals surface area (Å²) in [4.78, 5) is -0.407. The molecular weight excluding hydrogens is 354 g/mol. The minimum absolute atomic E-state index is 0.256. The lowest BCUT2D eigenvalue weighted by molar-refractivity contribution is 0.414. The fraction of sp³-hybridized carbons (Fsp3) is 0.0769. The highest BCUT2D eigenvalue weighted by molar-refractivity contribution is 7.91. The molecule has 0 amide bonds. The van der Waals surface area contributed by atoms with E-state index < -0.39 is 48.6 Å². The molecule has 0 atom stereocenters. The number of azide groups is 1. The summed E-state index contributed by atoms with van der Waals surface area (Å²) in [5.74, 6) is -8.34. The predicted octanol–water partition coefficient (Wildman–Crippen LogP) is 4.03. The zero-order valence-electron chi connectivity index (χ0n) is 11.8. The Balaban J connectivity index is 2.77. The molecule has 0 fully saturated rings. The molecule has 0 bridgehead atoms. The molecule has 24 heavy (non-hydrogen) atoms. The van der Waals surface area contributed by atoms with Gasteiger partial charge in [0.25, 0.3) is 0 Å². The maximum Gasteiger partial charge on any atom is 0.212 e. The molecule has 0 unspecified atom stereocenters. The molecule has 126 valence electrons.